The van der Waals surface area contributed by atoms with E-state index in [1.165, 1.54) is 12.4 Å². The monoisotopic (exact) mass is 329 g/mol. The van der Waals surface area contributed by atoms with Crippen LogP contribution in [-0.4, -0.2) is 27.1 Å². The Hall–Kier alpha value is -1.79. The lowest BCUT2D eigenvalue weighted by molar-refractivity contribution is -0.121. The maximum atomic E-state index is 12.3. The first kappa shape index (κ1) is 15.6. The molecule has 0 saturated heterocycles. The molecule has 0 fully saturated rings. The van der Waals surface area contributed by atoms with Gasteiger partial charge in [0.05, 0.1) is 21.8 Å². The molecule has 0 radical (unpaired) electrons. The van der Waals surface area contributed by atoms with Gasteiger partial charge in [-0.15, -0.1) is 0 Å². The van der Waals surface area contributed by atoms with Crippen molar-refractivity contribution in [3.05, 3.63) is 32.8 Å². The van der Waals surface area contributed by atoms with Gasteiger partial charge in [0.25, 0.3) is 5.56 Å². The Bertz CT molecular complexity index is 758. The largest absolute Gasteiger partial charge is 0.504 e. The van der Waals surface area contributed by atoms with Crippen molar-refractivity contribution in [2.75, 3.05) is 6.54 Å². The second-order valence-corrected chi connectivity index (χ2v) is 5.25. The van der Waals surface area contributed by atoms with E-state index in [-0.39, 0.29) is 39.1 Å². The topological polar surface area (TPSA) is 84.2 Å². The Morgan fingerprint density at radius 2 is 2.14 bits per heavy atom. The highest BCUT2D eigenvalue weighted by molar-refractivity contribution is 6.39. The van der Waals surface area contributed by atoms with E-state index in [1.54, 1.807) is 0 Å². The maximum absolute atomic E-state index is 12.3. The fraction of sp³-hybridized carbons (Fsp3) is 0.308. The van der Waals surface area contributed by atoms with Crippen LogP contribution in [0.4, 0.5) is 0 Å². The summed E-state index contributed by atoms with van der Waals surface area (Å²) < 4.78 is 1.13. The highest BCUT2D eigenvalue weighted by atomic mass is 35.5. The van der Waals surface area contributed by atoms with Crippen LogP contribution in [0, 0.1) is 0 Å². The second-order valence-electron chi connectivity index (χ2n) is 4.44. The van der Waals surface area contributed by atoms with Gasteiger partial charge in [0, 0.05) is 6.54 Å². The van der Waals surface area contributed by atoms with E-state index in [0.717, 1.165) is 11.0 Å². The lowest BCUT2D eigenvalue weighted by Crippen LogP contribution is -2.32. The predicted molar refractivity (Wildman–Crippen MR) is 81.0 cm³/mol. The number of phenolic OH excluding ortho intramolecular Hbond substituents is 1. The molecule has 0 aliphatic carbocycles. The van der Waals surface area contributed by atoms with E-state index < -0.39 is 5.56 Å². The molecule has 0 atom stereocenters. The van der Waals surface area contributed by atoms with Crippen molar-refractivity contribution in [1.82, 2.24) is 14.9 Å². The summed E-state index contributed by atoms with van der Waals surface area (Å²) in [4.78, 5) is 28.0. The minimum Gasteiger partial charge on any atom is -0.504 e. The van der Waals surface area contributed by atoms with Crippen molar-refractivity contribution in [3.63, 3.8) is 0 Å². The van der Waals surface area contributed by atoms with Gasteiger partial charge >= 0.3 is 0 Å². The lowest BCUT2D eigenvalue weighted by atomic mass is 10.2. The average molecular weight is 330 g/mol. The molecule has 8 heteroatoms. The predicted octanol–water partition coefficient (Wildman–Crippen LogP) is 1.94. The second kappa shape index (κ2) is 6.32. The molecule has 0 saturated carbocycles. The number of hydrogen-bond donors (Lipinski definition) is 2. The van der Waals surface area contributed by atoms with E-state index in [4.69, 9.17) is 23.2 Å². The van der Waals surface area contributed by atoms with Crippen LogP contribution in [0.1, 0.15) is 13.3 Å². The summed E-state index contributed by atoms with van der Waals surface area (Å²) in [5, 5.41) is 12.6. The average Bonchev–Trinajstić information content (AvgIpc) is 2.44. The van der Waals surface area contributed by atoms with Crippen LogP contribution in [-0.2, 0) is 11.3 Å². The SMILES string of the molecule is CCCNC(=O)Cn1cnc2c(O)c(Cl)cc(Cl)c2c1=O. The molecule has 1 aromatic heterocycles. The Labute approximate surface area is 130 Å². The highest BCUT2D eigenvalue weighted by Gasteiger charge is 2.16. The molecular formula is C13H13Cl2N3O3. The van der Waals surface area contributed by atoms with Crippen LogP contribution in [0.3, 0.4) is 0 Å². The normalized spacial score (nSPS) is 10.8. The first-order valence-corrected chi connectivity index (χ1v) is 7.04. The van der Waals surface area contributed by atoms with Gasteiger partial charge in [0.15, 0.2) is 5.75 Å². The minimum atomic E-state index is -0.511. The van der Waals surface area contributed by atoms with Gasteiger partial charge in [-0.25, -0.2) is 4.98 Å². The number of aromatic hydroxyl groups is 1. The van der Waals surface area contributed by atoms with Crippen molar-refractivity contribution in [3.8, 4) is 5.75 Å². The van der Waals surface area contributed by atoms with Crippen LogP contribution in [0.2, 0.25) is 10.0 Å². The van der Waals surface area contributed by atoms with E-state index in [9.17, 15) is 14.7 Å². The molecule has 1 heterocycles. The number of benzene rings is 1. The van der Waals surface area contributed by atoms with Gasteiger partial charge in [-0.3, -0.25) is 14.2 Å². The number of aromatic nitrogens is 2. The van der Waals surface area contributed by atoms with Crippen LogP contribution < -0.4 is 10.9 Å². The molecule has 21 heavy (non-hydrogen) atoms. The third-order valence-electron chi connectivity index (χ3n) is 2.87. The third-order valence-corrected chi connectivity index (χ3v) is 3.45. The Kier molecular flexibility index (Phi) is 4.69. The molecule has 0 spiro atoms. The molecule has 6 nitrogen and oxygen atoms in total. The van der Waals surface area contributed by atoms with E-state index >= 15 is 0 Å². The summed E-state index contributed by atoms with van der Waals surface area (Å²) in [6, 6.07) is 1.27. The van der Waals surface area contributed by atoms with Gasteiger partial charge in [-0.2, -0.15) is 0 Å². The summed E-state index contributed by atoms with van der Waals surface area (Å²) >= 11 is 11.8. The van der Waals surface area contributed by atoms with Crippen LogP contribution in [0.15, 0.2) is 17.2 Å². The summed E-state index contributed by atoms with van der Waals surface area (Å²) in [7, 11) is 0. The van der Waals surface area contributed by atoms with Gasteiger partial charge < -0.3 is 10.4 Å². The first-order valence-electron chi connectivity index (χ1n) is 6.28. The lowest BCUT2D eigenvalue weighted by Gasteiger charge is -2.09. The molecule has 112 valence electrons. The Balaban J connectivity index is 2.48. The van der Waals surface area contributed by atoms with Gasteiger partial charge in [0.1, 0.15) is 12.1 Å². The zero-order chi connectivity index (χ0) is 15.6. The van der Waals surface area contributed by atoms with Crippen molar-refractivity contribution < 1.29 is 9.90 Å². The van der Waals surface area contributed by atoms with E-state index in [2.05, 4.69) is 10.3 Å². The minimum absolute atomic E-state index is 0.0119. The molecule has 2 rings (SSSR count). The molecule has 2 N–H and O–H groups in total. The third kappa shape index (κ3) is 3.11. The van der Waals surface area contributed by atoms with Crippen molar-refractivity contribution in [2.24, 2.45) is 0 Å². The first-order chi connectivity index (χ1) is 9.95. The maximum Gasteiger partial charge on any atom is 0.263 e. The summed E-state index contributed by atoms with van der Waals surface area (Å²) in [6.07, 6.45) is 1.98. The number of fused-ring (bicyclic) bond motifs is 1. The van der Waals surface area contributed by atoms with E-state index in [1.807, 2.05) is 6.92 Å². The number of hydrogen-bond acceptors (Lipinski definition) is 4. The van der Waals surface area contributed by atoms with Crippen molar-refractivity contribution in [2.45, 2.75) is 19.9 Å². The molecule has 0 aliphatic heterocycles. The number of nitrogens with zero attached hydrogens (tertiary/aromatic N) is 2. The number of halogens is 2. The standard InChI is InChI=1S/C13H13Cl2N3O3/c1-2-3-16-9(19)5-18-6-17-11-10(13(18)21)7(14)4-8(15)12(11)20/h4,6,20H,2-3,5H2,1H3,(H,16,19). The number of carbonyl (C=O) groups excluding carboxylic acids is 1. The van der Waals surface area contributed by atoms with Crippen LogP contribution >= 0.6 is 23.2 Å². The van der Waals surface area contributed by atoms with Crippen LogP contribution in [0.5, 0.6) is 5.75 Å². The highest BCUT2D eigenvalue weighted by Crippen LogP contribution is 2.34. The number of rotatable bonds is 4. The molecule has 2 aromatic rings. The number of nitrogens with one attached hydrogen (secondary N) is 1. The molecular weight excluding hydrogens is 317 g/mol. The van der Waals surface area contributed by atoms with E-state index in [0.29, 0.717) is 6.54 Å². The van der Waals surface area contributed by atoms with Gasteiger partial charge in [0.2, 0.25) is 5.91 Å². The zero-order valence-corrected chi connectivity index (χ0v) is 12.7. The quantitative estimate of drug-likeness (QED) is 0.897. The van der Waals surface area contributed by atoms with Crippen molar-refractivity contribution >= 4 is 40.0 Å². The Morgan fingerprint density at radius 3 is 2.81 bits per heavy atom. The molecule has 1 amide bonds. The van der Waals surface area contributed by atoms with Crippen LogP contribution in [0.25, 0.3) is 10.9 Å². The summed E-state index contributed by atoms with van der Waals surface area (Å²) in [5.41, 5.74) is -0.494. The number of amides is 1. The van der Waals surface area contributed by atoms with Gasteiger partial charge in [-0.05, 0) is 12.5 Å². The van der Waals surface area contributed by atoms with Crippen molar-refractivity contribution in [1.29, 1.82) is 0 Å². The number of carbonyl (C=O) groups is 1. The zero-order valence-electron chi connectivity index (χ0n) is 11.2. The molecule has 0 unspecified atom stereocenters. The van der Waals surface area contributed by atoms with Gasteiger partial charge in [-0.1, -0.05) is 30.1 Å². The Morgan fingerprint density at radius 1 is 1.43 bits per heavy atom. The molecule has 0 bridgehead atoms. The fourth-order valence-electron chi connectivity index (χ4n) is 1.84. The smallest absolute Gasteiger partial charge is 0.263 e. The number of phenols is 1. The summed E-state index contributed by atoms with van der Waals surface area (Å²) in [6.45, 7) is 2.30. The fourth-order valence-corrected chi connectivity index (χ4v) is 2.37. The molecule has 0 aliphatic rings. The molecule has 1 aromatic carbocycles. The summed E-state index contributed by atoms with van der Waals surface area (Å²) in [5.74, 6) is -0.606.